The number of nitrogens with one attached hydrogen (secondary N) is 1. The van der Waals surface area contributed by atoms with Crippen LogP contribution >= 0.6 is 12.4 Å². The van der Waals surface area contributed by atoms with E-state index < -0.39 is 0 Å². The predicted molar refractivity (Wildman–Crippen MR) is 96.3 cm³/mol. The van der Waals surface area contributed by atoms with Crippen molar-refractivity contribution >= 4 is 24.2 Å². The van der Waals surface area contributed by atoms with E-state index in [1.165, 1.54) is 24.3 Å². The Morgan fingerprint density at radius 2 is 1.92 bits per heavy atom. The zero-order valence-electron chi connectivity index (χ0n) is 14.4. The number of amides is 2. The summed E-state index contributed by atoms with van der Waals surface area (Å²) in [6.07, 6.45) is 1.65. The van der Waals surface area contributed by atoms with Crippen molar-refractivity contribution in [1.82, 2.24) is 15.1 Å². The van der Waals surface area contributed by atoms with Gasteiger partial charge in [0.05, 0.1) is 5.92 Å². The minimum absolute atomic E-state index is 0. The molecule has 2 saturated heterocycles. The second-order valence-electron chi connectivity index (χ2n) is 6.68. The van der Waals surface area contributed by atoms with E-state index in [-0.39, 0.29) is 42.0 Å². The first-order chi connectivity index (χ1) is 11.6. The van der Waals surface area contributed by atoms with Crippen molar-refractivity contribution in [3.8, 4) is 0 Å². The molecule has 2 aliphatic heterocycles. The molecule has 1 unspecified atom stereocenters. The average Bonchev–Trinajstić information content (AvgIpc) is 2.62. The van der Waals surface area contributed by atoms with Gasteiger partial charge in [0.25, 0.3) is 5.91 Å². The highest BCUT2D eigenvalue weighted by Crippen LogP contribution is 2.22. The molecule has 1 aromatic carbocycles. The summed E-state index contributed by atoms with van der Waals surface area (Å²) >= 11 is 0. The number of halogens is 2. The van der Waals surface area contributed by atoms with Gasteiger partial charge in [0.15, 0.2) is 0 Å². The van der Waals surface area contributed by atoms with Crippen LogP contribution in [-0.4, -0.2) is 60.4 Å². The number of carbonyl (C=O) groups excluding carboxylic acids is 2. The lowest BCUT2D eigenvalue weighted by Crippen LogP contribution is -2.55. The molecule has 2 amide bonds. The highest BCUT2D eigenvalue weighted by Gasteiger charge is 2.33. The van der Waals surface area contributed by atoms with E-state index >= 15 is 0 Å². The number of benzene rings is 1. The van der Waals surface area contributed by atoms with Gasteiger partial charge in [-0.05, 0) is 44.0 Å². The van der Waals surface area contributed by atoms with Crippen molar-refractivity contribution in [2.75, 3.05) is 32.7 Å². The zero-order valence-corrected chi connectivity index (χ0v) is 15.2. The molecule has 0 radical (unpaired) electrons. The third kappa shape index (κ3) is 4.50. The summed E-state index contributed by atoms with van der Waals surface area (Å²) in [4.78, 5) is 29.1. The number of hydrogen-bond donors (Lipinski definition) is 1. The van der Waals surface area contributed by atoms with Gasteiger partial charge >= 0.3 is 0 Å². The Kier molecular flexibility index (Phi) is 6.79. The molecular weight excluding hydrogens is 345 g/mol. The van der Waals surface area contributed by atoms with Gasteiger partial charge in [-0.2, -0.15) is 0 Å². The SMILES string of the molecule is C[C@H]1CNCCN1C(=O)C1CCCN(C(=O)c2ccc(F)cc2)C1.Cl. The van der Waals surface area contributed by atoms with Crippen LogP contribution in [0.5, 0.6) is 0 Å². The summed E-state index contributed by atoms with van der Waals surface area (Å²) in [6.45, 7) is 5.51. The second kappa shape index (κ2) is 8.63. The quantitative estimate of drug-likeness (QED) is 0.866. The molecule has 3 rings (SSSR count). The van der Waals surface area contributed by atoms with Crippen molar-refractivity contribution in [1.29, 1.82) is 0 Å². The number of piperidine rings is 1. The van der Waals surface area contributed by atoms with Crippen LogP contribution in [0.3, 0.4) is 0 Å². The third-order valence-corrected chi connectivity index (χ3v) is 4.93. The lowest BCUT2D eigenvalue weighted by molar-refractivity contribution is -0.139. The van der Waals surface area contributed by atoms with Crippen molar-refractivity contribution in [3.63, 3.8) is 0 Å². The van der Waals surface area contributed by atoms with Gasteiger partial charge in [0.1, 0.15) is 5.82 Å². The highest BCUT2D eigenvalue weighted by atomic mass is 35.5. The number of hydrogen-bond acceptors (Lipinski definition) is 3. The molecular formula is C18H25ClFN3O2. The second-order valence-corrected chi connectivity index (χ2v) is 6.68. The van der Waals surface area contributed by atoms with Crippen LogP contribution in [0, 0.1) is 11.7 Å². The fraction of sp³-hybridized carbons (Fsp3) is 0.556. The molecule has 0 aromatic heterocycles. The fourth-order valence-electron chi connectivity index (χ4n) is 3.54. The minimum atomic E-state index is -0.356. The van der Waals surface area contributed by atoms with Gasteiger partial charge in [0.2, 0.25) is 5.91 Å². The zero-order chi connectivity index (χ0) is 17.1. The summed E-state index contributed by atoms with van der Waals surface area (Å²) in [7, 11) is 0. The van der Waals surface area contributed by atoms with Crippen LogP contribution in [0.1, 0.15) is 30.1 Å². The summed E-state index contributed by atoms with van der Waals surface area (Å²) in [5, 5.41) is 3.29. The molecule has 0 saturated carbocycles. The Bertz CT molecular complexity index is 611. The number of likely N-dealkylation sites (tertiary alicyclic amines) is 1. The Labute approximate surface area is 154 Å². The molecule has 7 heteroatoms. The molecule has 2 aliphatic rings. The highest BCUT2D eigenvalue weighted by molar-refractivity contribution is 5.94. The van der Waals surface area contributed by atoms with E-state index in [0.29, 0.717) is 18.7 Å². The minimum Gasteiger partial charge on any atom is -0.338 e. The van der Waals surface area contributed by atoms with Crippen LogP contribution in [0.2, 0.25) is 0 Å². The maximum absolute atomic E-state index is 13.0. The van der Waals surface area contributed by atoms with E-state index in [2.05, 4.69) is 5.32 Å². The van der Waals surface area contributed by atoms with Crippen LogP contribution in [0.25, 0.3) is 0 Å². The predicted octanol–water partition coefficient (Wildman–Crippen LogP) is 1.92. The smallest absolute Gasteiger partial charge is 0.253 e. The number of carbonyl (C=O) groups is 2. The number of rotatable bonds is 2. The van der Waals surface area contributed by atoms with Crippen LogP contribution in [0.4, 0.5) is 4.39 Å². The van der Waals surface area contributed by atoms with Gasteiger partial charge in [-0.3, -0.25) is 9.59 Å². The fourth-order valence-corrected chi connectivity index (χ4v) is 3.54. The molecule has 0 spiro atoms. The summed E-state index contributed by atoms with van der Waals surface area (Å²) in [6, 6.07) is 5.78. The van der Waals surface area contributed by atoms with Crippen LogP contribution < -0.4 is 5.32 Å². The van der Waals surface area contributed by atoms with Gasteiger partial charge in [0, 0.05) is 44.3 Å². The summed E-state index contributed by atoms with van der Waals surface area (Å²) in [5.41, 5.74) is 0.472. The molecule has 138 valence electrons. The molecule has 0 bridgehead atoms. The van der Waals surface area contributed by atoms with E-state index in [4.69, 9.17) is 0 Å². The van der Waals surface area contributed by atoms with Crippen molar-refractivity contribution in [3.05, 3.63) is 35.6 Å². The molecule has 1 aromatic rings. The first-order valence-electron chi connectivity index (χ1n) is 8.62. The number of piperazine rings is 1. The number of nitrogens with zero attached hydrogens (tertiary/aromatic N) is 2. The molecule has 2 heterocycles. The normalized spacial score (nSPS) is 23.8. The summed E-state index contributed by atoms with van der Waals surface area (Å²) in [5.74, 6) is -0.462. The molecule has 5 nitrogen and oxygen atoms in total. The Morgan fingerprint density at radius 3 is 2.60 bits per heavy atom. The third-order valence-electron chi connectivity index (χ3n) is 4.93. The molecule has 1 N–H and O–H groups in total. The molecule has 2 atom stereocenters. The molecule has 25 heavy (non-hydrogen) atoms. The Balaban J connectivity index is 0.00000225. The maximum Gasteiger partial charge on any atom is 0.253 e. The van der Waals surface area contributed by atoms with E-state index in [1.807, 2.05) is 11.8 Å². The van der Waals surface area contributed by atoms with Gasteiger partial charge in [-0.25, -0.2) is 4.39 Å². The largest absolute Gasteiger partial charge is 0.338 e. The van der Waals surface area contributed by atoms with Crippen molar-refractivity contribution in [2.45, 2.75) is 25.8 Å². The maximum atomic E-state index is 13.0. The standard InChI is InChI=1S/C18H24FN3O2.ClH/c1-13-11-20-8-10-22(13)18(24)15-3-2-9-21(12-15)17(23)14-4-6-16(19)7-5-14;/h4-7,13,15,20H,2-3,8-12H2,1H3;1H/t13-,15?;/m0./s1. The van der Waals surface area contributed by atoms with Crippen molar-refractivity contribution in [2.24, 2.45) is 5.92 Å². The van der Waals surface area contributed by atoms with Gasteiger partial charge in [-0.1, -0.05) is 0 Å². The van der Waals surface area contributed by atoms with E-state index in [9.17, 15) is 14.0 Å². The van der Waals surface area contributed by atoms with E-state index in [1.54, 1.807) is 4.90 Å². The lowest BCUT2D eigenvalue weighted by atomic mass is 9.95. The Morgan fingerprint density at radius 1 is 1.20 bits per heavy atom. The van der Waals surface area contributed by atoms with Gasteiger partial charge in [-0.15, -0.1) is 12.4 Å². The monoisotopic (exact) mass is 369 g/mol. The molecule has 2 fully saturated rings. The Hall–Kier alpha value is -1.66. The topological polar surface area (TPSA) is 52.7 Å². The summed E-state index contributed by atoms with van der Waals surface area (Å²) < 4.78 is 13.0. The molecule has 0 aliphatic carbocycles. The average molecular weight is 370 g/mol. The first-order valence-corrected chi connectivity index (χ1v) is 8.62. The lowest BCUT2D eigenvalue weighted by Gasteiger charge is -2.39. The first kappa shape index (κ1) is 19.7. The van der Waals surface area contributed by atoms with E-state index in [0.717, 1.165) is 32.5 Å². The van der Waals surface area contributed by atoms with Crippen molar-refractivity contribution < 1.29 is 14.0 Å². The van der Waals surface area contributed by atoms with Crippen LogP contribution in [-0.2, 0) is 4.79 Å². The van der Waals surface area contributed by atoms with Crippen LogP contribution in [0.15, 0.2) is 24.3 Å². The van der Waals surface area contributed by atoms with Gasteiger partial charge < -0.3 is 15.1 Å².